The van der Waals surface area contributed by atoms with Gasteiger partial charge in [0.1, 0.15) is 17.1 Å². The van der Waals surface area contributed by atoms with Gasteiger partial charge in [0.2, 0.25) is 0 Å². The summed E-state index contributed by atoms with van der Waals surface area (Å²) in [5.41, 5.74) is 4.97. The van der Waals surface area contributed by atoms with Gasteiger partial charge in [-0.15, -0.1) is 0 Å². The second-order valence-corrected chi connectivity index (χ2v) is 14.4. The van der Waals surface area contributed by atoms with Gasteiger partial charge in [-0.25, -0.2) is 0 Å². The first-order valence-corrected chi connectivity index (χ1v) is 18.1. The number of hydrogen-bond acceptors (Lipinski definition) is 5. The summed E-state index contributed by atoms with van der Waals surface area (Å²) in [6.07, 6.45) is 12.5. The van der Waals surface area contributed by atoms with Gasteiger partial charge in [-0.1, -0.05) is 103 Å². The van der Waals surface area contributed by atoms with E-state index in [1.54, 1.807) is 7.11 Å². The molecule has 0 saturated carbocycles. The van der Waals surface area contributed by atoms with E-state index in [1.807, 2.05) is 0 Å². The molecule has 0 amide bonds. The van der Waals surface area contributed by atoms with Gasteiger partial charge in [0.15, 0.2) is 11.5 Å². The van der Waals surface area contributed by atoms with Crippen LogP contribution in [0.2, 0.25) is 0 Å². The van der Waals surface area contributed by atoms with E-state index in [2.05, 4.69) is 151 Å². The zero-order valence-corrected chi connectivity index (χ0v) is 28.9. The maximum Gasteiger partial charge on any atom is 0.198 e. The van der Waals surface area contributed by atoms with Crippen molar-refractivity contribution in [1.82, 2.24) is 5.32 Å². The van der Waals surface area contributed by atoms with Gasteiger partial charge in [-0.3, -0.25) is 4.99 Å². The molecule has 2 unspecified atom stereocenters. The maximum absolute atomic E-state index is 7.18. The minimum Gasteiger partial charge on any atom is -0.482 e. The standard InChI is InChI=1S/C46H39N3O2/c1-45-26-25-39-38(24-27-46(51-39,33-12-5-3-6-13-33)34-18-20-35(21-19-34)49-28-7-4-8-29-49)42(45)44(50-2)47-43(48-45)37-23-17-32-15-14-30-10-9-11-31-16-22-36(37)41(32)40(30)31/h3,5-6,9-27H,4,7-8,28-29H2,1-2H3,(H,47,48). The molecule has 250 valence electrons. The van der Waals surface area contributed by atoms with Gasteiger partial charge < -0.3 is 19.7 Å². The molecule has 6 aromatic rings. The van der Waals surface area contributed by atoms with Crippen LogP contribution in [-0.4, -0.2) is 31.6 Å². The first kappa shape index (κ1) is 30.1. The molecule has 6 aromatic carbocycles. The van der Waals surface area contributed by atoms with E-state index in [0.29, 0.717) is 5.88 Å². The third kappa shape index (κ3) is 4.57. The van der Waals surface area contributed by atoms with E-state index in [0.717, 1.165) is 52.5 Å². The Labute approximate surface area is 298 Å². The van der Waals surface area contributed by atoms with E-state index in [-0.39, 0.29) is 0 Å². The SMILES string of the molecule is COC1=C2C3=C(C=CC2(C)N=C(c2ccc4ccc5cccc6ccc2c4c56)N1)OC(c1ccccc1)(c1ccc(N2CCCCC2)cc1)C=C3. The third-order valence-electron chi connectivity index (χ3n) is 11.4. The van der Waals surface area contributed by atoms with Crippen LogP contribution in [0.4, 0.5) is 5.69 Å². The predicted octanol–water partition coefficient (Wildman–Crippen LogP) is 9.89. The normalized spacial score (nSPS) is 22.9. The molecule has 2 atom stereocenters. The van der Waals surface area contributed by atoms with Crippen molar-refractivity contribution in [1.29, 1.82) is 0 Å². The van der Waals surface area contributed by atoms with E-state index < -0.39 is 11.1 Å². The molecule has 51 heavy (non-hydrogen) atoms. The zero-order valence-electron chi connectivity index (χ0n) is 28.9. The molecule has 1 aliphatic carbocycles. The monoisotopic (exact) mass is 665 g/mol. The fourth-order valence-electron chi connectivity index (χ4n) is 8.80. The number of piperidine rings is 1. The molecule has 10 rings (SSSR count). The van der Waals surface area contributed by atoms with Crippen molar-refractivity contribution in [2.24, 2.45) is 4.99 Å². The lowest BCUT2D eigenvalue weighted by Gasteiger charge is -2.42. The number of anilines is 1. The molecule has 1 saturated heterocycles. The Morgan fingerprint density at radius 1 is 0.706 bits per heavy atom. The molecule has 4 aliphatic rings. The molecular formula is C46H39N3O2. The molecule has 5 heteroatoms. The van der Waals surface area contributed by atoms with Crippen molar-refractivity contribution in [3.63, 3.8) is 0 Å². The van der Waals surface area contributed by atoms with Crippen molar-refractivity contribution in [3.05, 3.63) is 173 Å². The van der Waals surface area contributed by atoms with E-state index in [4.69, 9.17) is 14.5 Å². The van der Waals surface area contributed by atoms with Crippen LogP contribution in [0.15, 0.2) is 161 Å². The highest BCUT2D eigenvalue weighted by atomic mass is 16.5. The molecule has 0 spiro atoms. The summed E-state index contributed by atoms with van der Waals surface area (Å²) < 4.78 is 13.4. The van der Waals surface area contributed by atoms with Crippen LogP contribution in [0.3, 0.4) is 0 Å². The number of benzene rings is 6. The Balaban J connectivity index is 1.05. The van der Waals surface area contributed by atoms with Crippen LogP contribution >= 0.6 is 0 Å². The van der Waals surface area contributed by atoms with Crippen LogP contribution in [0, 0.1) is 0 Å². The Morgan fingerprint density at radius 3 is 2.18 bits per heavy atom. The first-order valence-electron chi connectivity index (χ1n) is 18.1. The number of methoxy groups -OCH3 is 1. The minimum atomic E-state index is -0.787. The third-order valence-corrected chi connectivity index (χ3v) is 11.4. The number of nitrogens with one attached hydrogen (secondary N) is 1. The fourth-order valence-corrected chi connectivity index (χ4v) is 8.80. The molecule has 1 fully saturated rings. The van der Waals surface area contributed by atoms with Gasteiger partial charge >= 0.3 is 0 Å². The van der Waals surface area contributed by atoms with Gasteiger partial charge in [0.25, 0.3) is 0 Å². The Bertz CT molecular complexity index is 2490. The Morgan fingerprint density at radius 2 is 1.41 bits per heavy atom. The summed E-state index contributed by atoms with van der Waals surface area (Å²) in [6, 6.07) is 39.3. The summed E-state index contributed by atoms with van der Waals surface area (Å²) in [5.74, 6) is 2.26. The first-order chi connectivity index (χ1) is 25.0. The molecule has 1 N–H and O–H groups in total. The number of amidine groups is 1. The number of aliphatic imine (C=N–C) groups is 1. The van der Waals surface area contributed by atoms with Crippen LogP contribution in [0.1, 0.15) is 42.9 Å². The van der Waals surface area contributed by atoms with Crippen LogP contribution in [-0.2, 0) is 15.1 Å². The summed E-state index contributed by atoms with van der Waals surface area (Å²) in [4.78, 5) is 7.93. The van der Waals surface area contributed by atoms with Crippen LogP contribution < -0.4 is 10.2 Å². The maximum atomic E-state index is 7.18. The zero-order chi connectivity index (χ0) is 34.2. The average molecular weight is 666 g/mol. The lowest BCUT2D eigenvalue weighted by atomic mass is 9.77. The average Bonchev–Trinajstić information content (AvgIpc) is 3.19. The number of nitrogens with zero attached hydrogens (tertiary/aromatic N) is 2. The number of fused-ring (bicyclic) bond motifs is 2. The number of rotatable bonds is 5. The molecule has 5 nitrogen and oxygen atoms in total. The second kappa shape index (κ2) is 11.4. The highest BCUT2D eigenvalue weighted by Gasteiger charge is 2.45. The van der Waals surface area contributed by atoms with Crippen LogP contribution in [0.5, 0.6) is 0 Å². The number of ether oxygens (including phenoxy) is 2. The van der Waals surface area contributed by atoms with Gasteiger partial charge in [-0.05, 0) is 88.9 Å². The minimum absolute atomic E-state index is 0.675. The van der Waals surface area contributed by atoms with Gasteiger partial charge in [0, 0.05) is 41.0 Å². The highest BCUT2D eigenvalue weighted by molar-refractivity contribution is 6.27. The Hall–Kier alpha value is -5.81. The molecular weight excluding hydrogens is 627 g/mol. The fraction of sp³-hybridized carbons (Fsp3) is 0.196. The topological polar surface area (TPSA) is 46.1 Å². The number of allylic oxidation sites excluding steroid dienone is 2. The lowest BCUT2D eigenvalue weighted by molar-refractivity contribution is 0.0804. The van der Waals surface area contributed by atoms with Crippen molar-refractivity contribution in [3.8, 4) is 0 Å². The van der Waals surface area contributed by atoms with Crippen molar-refractivity contribution < 1.29 is 9.47 Å². The summed E-state index contributed by atoms with van der Waals surface area (Å²) in [7, 11) is 1.73. The van der Waals surface area contributed by atoms with Crippen molar-refractivity contribution in [2.45, 2.75) is 37.3 Å². The van der Waals surface area contributed by atoms with Crippen molar-refractivity contribution >= 4 is 43.8 Å². The molecule has 3 heterocycles. The number of hydrogen-bond donors (Lipinski definition) is 1. The quantitative estimate of drug-likeness (QED) is 0.186. The van der Waals surface area contributed by atoms with E-state index >= 15 is 0 Å². The molecule has 3 aliphatic heterocycles. The van der Waals surface area contributed by atoms with Crippen LogP contribution in [0.25, 0.3) is 32.3 Å². The highest BCUT2D eigenvalue weighted by Crippen LogP contribution is 2.48. The van der Waals surface area contributed by atoms with Gasteiger partial charge in [-0.2, -0.15) is 0 Å². The predicted molar refractivity (Wildman–Crippen MR) is 208 cm³/mol. The molecule has 0 bridgehead atoms. The largest absolute Gasteiger partial charge is 0.482 e. The van der Waals surface area contributed by atoms with Gasteiger partial charge in [0.05, 0.1) is 12.7 Å². The smallest absolute Gasteiger partial charge is 0.198 e. The van der Waals surface area contributed by atoms with E-state index in [9.17, 15) is 0 Å². The summed E-state index contributed by atoms with van der Waals surface area (Å²) in [6.45, 7) is 4.39. The summed E-state index contributed by atoms with van der Waals surface area (Å²) in [5, 5.41) is 11.1. The van der Waals surface area contributed by atoms with E-state index in [1.165, 1.54) is 57.3 Å². The lowest BCUT2D eigenvalue weighted by Crippen LogP contribution is -2.42. The molecule has 0 aromatic heterocycles. The summed E-state index contributed by atoms with van der Waals surface area (Å²) >= 11 is 0. The van der Waals surface area contributed by atoms with Crippen molar-refractivity contribution in [2.75, 3.05) is 25.1 Å². The second-order valence-electron chi connectivity index (χ2n) is 14.4. The Kier molecular flexibility index (Phi) is 6.69. The molecule has 0 radical (unpaired) electrons.